The van der Waals surface area contributed by atoms with Gasteiger partial charge >= 0.3 is 5.97 Å². The van der Waals surface area contributed by atoms with Crippen LogP contribution in [0.1, 0.15) is 16.7 Å². The smallest absolute Gasteiger partial charge is 0.331 e. The third-order valence-electron chi connectivity index (χ3n) is 4.34. The molecule has 158 valence electrons. The van der Waals surface area contributed by atoms with Crippen LogP contribution < -0.4 is 14.8 Å². The summed E-state index contributed by atoms with van der Waals surface area (Å²) in [6.45, 7) is 2.85. The molecule has 9 nitrogen and oxygen atoms in total. The van der Waals surface area contributed by atoms with Crippen LogP contribution in [0.2, 0.25) is 0 Å². The number of nitrogens with zero attached hydrogens (tertiary/aromatic N) is 1. The number of nitrogens with one attached hydrogen (secondary N) is 1. The van der Waals surface area contributed by atoms with Gasteiger partial charge in [-0.2, -0.15) is 0 Å². The summed E-state index contributed by atoms with van der Waals surface area (Å²) in [5.74, 6) is -0.369. The molecule has 0 fully saturated rings. The van der Waals surface area contributed by atoms with E-state index in [4.69, 9.17) is 14.2 Å². The van der Waals surface area contributed by atoms with Crippen molar-refractivity contribution in [1.82, 2.24) is 0 Å². The van der Waals surface area contributed by atoms with Crippen LogP contribution in [0.3, 0.4) is 0 Å². The minimum atomic E-state index is -0.740. The number of nitro groups is 1. The summed E-state index contributed by atoms with van der Waals surface area (Å²) in [5.41, 5.74) is 1.87. The first kappa shape index (κ1) is 22.4. The summed E-state index contributed by atoms with van der Waals surface area (Å²) in [4.78, 5) is 34.6. The molecule has 30 heavy (non-hydrogen) atoms. The SMILES string of the molecule is COc1ccc(/C=C/C(=O)OCC(=O)Nc2c([N+](=O)[O-])ccc(C)c2C)cc1OC. The Morgan fingerprint density at radius 1 is 1.10 bits per heavy atom. The molecule has 9 heteroatoms. The van der Waals surface area contributed by atoms with Gasteiger partial charge in [-0.05, 0) is 48.7 Å². The number of benzene rings is 2. The summed E-state index contributed by atoms with van der Waals surface area (Å²) in [6.07, 6.45) is 2.66. The largest absolute Gasteiger partial charge is 0.493 e. The molecule has 1 amide bonds. The predicted octanol–water partition coefficient (Wildman–Crippen LogP) is 3.42. The second kappa shape index (κ2) is 10.1. The van der Waals surface area contributed by atoms with Crippen LogP contribution in [0, 0.1) is 24.0 Å². The van der Waals surface area contributed by atoms with Crippen molar-refractivity contribution in [2.75, 3.05) is 26.1 Å². The number of ether oxygens (including phenoxy) is 3. The maximum atomic E-state index is 12.1. The van der Waals surface area contributed by atoms with Gasteiger partial charge in [-0.1, -0.05) is 12.1 Å². The van der Waals surface area contributed by atoms with Crippen molar-refractivity contribution in [2.45, 2.75) is 13.8 Å². The lowest BCUT2D eigenvalue weighted by Gasteiger charge is -2.11. The Labute approximate surface area is 173 Å². The predicted molar refractivity (Wildman–Crippen MR) is 111 cm³/mol. The van der Waals surface area contributed by atoms with E-state index in [1.807, 2.05) is 0 Å². The van der Waals surface area contributed by atoms with E-state index in [0.717, 1.165) is 11.6 Å². The molecule has 0 aliphatic carbocycles. The Bertz CT molecular complexity index is 999. The van der Waals surface area contributed by atoms with Crippen LogP contribution in [0.25, 0.3) is 6.08 Å². The van der Waals surface area contributed by atoms with Crippen LogP contribution >= 0.6 is 0 Å². The van der Waals surface area contributed by atoms with Gasteiger partial charge in [-0.25, -0.2) is 4.79 Å². The lowest BCUT2D eigenvalue weighted by atomic mass is 10.1. The molecule has 0 radical (unpaired) electrons. The monoisotopic (exact) mass is 414 g/mol. The van der Waals surface area contributed by atoms with Crippen molar-refractivity contribution >= 4 is 29.3 Å². The third-order valence-corrected chi connectivity index (χ3v) is 4.34. The van der Waals surface area contributed by atoms with Gasteiger partial charge in [0.25, 0.3) is 11.6 Å². The molecule has 2 aromatic rings. The Hall–Kier alpha value is -3.88. The summed E-state index contributed by atoms with van der Waals surface area (Å²) >= 11 is 0. The van der Waals surface area contributed by atoms with Gasteiger partial charge in [-0.3, -0.25) is 14.9 Å². The number of carbonyl (C=O) groups is 2. The molecule has 0 heterocycles. The van der Waals surface area contributed by atoms with Crippen molar-refractivity contribution in [3.8, 4) is 11.5 Å². The first-order chi connectivity index (χ1) is 14.3. The van der Waals surface area contributed by atoms with E-state index in [-0.39, 0.29) is 11.4 Å². The Balaban J connectivity index is 1.99. The number of amides is 1. The molecule has 2 aromatic carbocycles. The lowest BCUT2D eigenvalue weighted by molar-refractivity contribution is -0.384. The van der Waals surface area contributed by atoms with Gasteiger partial charge < -0.3 is 19.5 Å². The van der Waals surface area contributed by atoms with Gasteiger partial charge in [0, 0.05) is 12.1 Å². The quantitative estimate of drug-likeness (QED) is 0.304. The van der Waals surface area contributed by atoms with Gasteiger partial charge in [-0.15, -0.1) is 0 Å². The zero-order valence-corrected chi connectivity index (χ0v) is 17.1. The fraction of sp³-hybridized carbons (Fsp3) is 0.238. The average Bonchev–Trinajstić information content (AvgIpc) is 2.73. The number of hydrogen-bond donors (Lipinski definition) is 1. The molecule has 0 saturated carbocycles. The van der Waals surface area contributed by atoms with E-state index in [9.17, 15) is 19.7 Å². The summed E-state index contributed by atoms with van der Waals surface area (Å²) in [5, 5.41) is 13.6. The van der Waals surface area contributed by atoms with Gasteiger partial charge in [0.15, 0.2) is 18.1 Å². The van der Waals surface area contributed by atoms with Gasteiger partial charge in [0.05, 0.1) is 19.1 Å². The minimum absolute atomic E-state index is 0.0851. The fourth-order valence-electron chi connectivity index (χ4n) is 2.59. The third kappa shape index (κ3) is 5.57. The van der Waals surface area contributed by atoms with E-state index >= 15 is 0 Å². The van der Waals surface area contributed by atoms with Gasteiger partial charge in [0.2, 0.25) is 0 Å². The molecule has 0 aromatic heterocycles. The number of anilines is 1. The maximum Gasteiger partial charge on any atom is 0.331 e. The number of methoxy groups -OCH3 is 2. The molecule has 0 aliphatic rings. The Morgan fingerprint density at radius 2 is 1.80 bits per heavy atom. The minimum Gasteiger partial charge on any atom is -0.493 e. The maximum absolute atomic E-state index is 12.1. The van der Waals surface area contributed by atoms with Crippen molar-refractivity contribution in [3.05, 3.63) is 63.2 Å². The van der Waals surface area contributed by atoms with Crippen LogP contribution in [0.15, 0.2) is 36.4 Å². The molecular weight excluding hydrogens is 392 g/mol. The highest BCUT2D eigenvalue weighted by atomic mass is 16.6. The highest BCUT2D eigenvalue weighted by molar-refractivity contribution is 5.97. The van der Waals surface area contributed by atoms with Crippen LogP contribution in [0.4, 0.5) is 11.4 Å². The molecule has 0 unspecified atom stereocenters. The van der Waals surface area contributed by atoms with Crippen molar-refractivity contribution in [1.29, 1.82) is 0 Å². The van der Waals surface area contributed by atoms with Gasteiger partial charge in [0.1, 0.15) is 5.69 Å². The van der Waals surface area contributed by atoms with E-state index < -0.39 is 23.4 Å². The van der Waals surface area contributed by atoms with Crippen LogP contribution in [-0.2, 0) is 14.3 Å². The van der Waals surface area contributed by atoms with Crippen LogP contribution in [-0.4, -0.2) is 37.6 Å². The highest BCUT2D eigenvalue weighted by Gasteiger charge is 2.19. The van der Waals surface area contributed by atoms with E-state index in [2.05, 4.69) is 5.32 Å². The van der Waals surface area contributed by atoms with Crippen molar-refractivity contribution < 1.29 is 28.7 Å². The molecule has 2 rings (SSSR count). The first-order valence-electron chi connectivity index (χ1n) is 8.88. The van der Waals surface area contributed by atoms with E-state index in [1.54, 1.807) is 38.1 Å². The molecule has 0 spiro atoms. The number of hydrogen-bond acceptors (Lipinski definition) is 7. The van der Waals surface area contributed by atoms with E-state index in [0.29, 0.717) is 22.6 Å². The molecule has 0 saturated heterocycles. The first-order valence-corrected chi connectivity index (χ1v) is 8.88. The molecule has 0 atom stereocenters. The molecule has 1 N–H and O–H groups in total. The number of carbonyl (C=O) groups excluding carboxylic acids is 2. The van der Waals surface area contributed by atoms with Crippen molar-refractivity contribution in [2.24, 2.45) is 0 Å². The molecule has 0 aliphatic heterocycles. The average molecular weight is 414 g/mol. The normalized spacial score (nSPS) is 10.5. The molecular formula is C21H22N2O7. The fourth-order valence-corrected chi connectivity index (χ4v) is 2.59. The summed E-state index contributed by atoms with van der Waals surface area (Å²) in [6, 6.07) is 8.00. The van der Waals surface area contributed by atoms with E-state index in [1.165, 1.54) is 26.4 Å². The Morgan fingerprint density at radius 3 is 2.43 bits per heavy atom. The molecule has 0 bridgehead atoms. The zero-order valence-electron chi connectivity index (χ0n) is 17.1. The standard InChI is InChI=1S/C21H22N2O7/c1-13-5-8-16(23(26)27)21(14(13)2)22-19(24)12-30-20(25)10-7-15-6-9-17(28-3)18(11-15)29-4/h5-11H,12H2,1-4H3,(H,22,24)/b10-7+. The lowest BCUT2D eigenvalue weighted by Crippen LogP contribution is -2.21. The topological polar surface area (TPSA) is 117 Å². The number of aryl methyl sites for hydroxylation is 1. The highest BCUT2D eigenvalue weighted by Crippen LogP contribution is 2.30. The zero-order chi connectivity index (χ0) is 22.3. The number of nitro benzene ring substituents is 1. The Kier molecular flexibility index (Phi) is 7.51. The summed E-state index contributed by atoms with van der Waals surface area (Å²) in [7, 11) is 3.02. The summed E-state index contributed by atoms with van der Waals surface area (Å²) < 4.78 is 15.2. The number of esters is 1. The van der Waals surface area contributed by atoms with Crippen molar-refractivity contribution in [3.63, 3.8) is 0 Å². The second-order valence-corrected chi connectivity index (χ2v) is 6.26. The van der Waals surface area contributed by atoms with Crippen LogP contribution in [0.5, 0.6) is 11.5 Å². The second-order valence-electron chi connectivity index (χ2n) is 6.26. The number of rotatable bonds is 8.